The number of amidine groups is 2. The number of carbonyl (C=O) groups is 1. The molecule has 5 N–H and O–H groups in total. The molecule has 1 fully saturated rings. The number of piperidine rings is 1. The summed E-state index contributed by atoms with van der Waals surface area (Å²) in [7, 11) is 1.63. The molecule has 42 heavy (non-hydrogen) atoms. The zero-order valence-corrected chi connectivity index (χ0v) is 24.6. The quantitative estimate of drug-likeness (QED) is 0.130. The molecule has 4 aromatic rings. The van der Waals surface area contributed by atoms with Crippen LogP contribution in [0.1, 0.15) is 42.4 Å². The van der Waals surface area contributed by atoms with E-state index in [0.29, 0.717) is 18.8 Å². The summed E-state index contributed by atoms with van der Waals surface area (Å²) in [6.07, 6.45) is 6.22. The van der Waals surface area contributed by atoms with Gasteiger partial charge in [-0.05, 0) is 67.6 Å². The fourth-order valence-corrected chi connectivity index (χ4v) is 4.99. The van der Waals surface area contributed by atoms with Crippen LogP contribution in [0.3, 0.4) is 0 Å². The Hall–Kier alpha value is -4.43. The van der Waals surface area contributed by atoms with Gasteiger partial charge in [0, 0.05) is 23.5 Å². The number of H-pyrrole nitrogens is 1. The highest BCUT2D eigenvalue weighted by atomic mass is 16.5. The van der Waals surface area contributed by atoms with Crippen molar-refractivity contribution in [3.63, 3.8) is 0 Å². The number of ether oxygens (including phenoxy) is 1. The van der Waals surface area contributed by atoms with Crippen LogP contribution in [0.25, 0.3) is 10.9 Å². The zero-order valence-electron chi connectivity index (χ0n) is 24.6. The van der Waals surface area contributed by atoms with Gasteiger partial charge in [0.15, 0.2) is 0 Å². The number of aryl methyl sites for hydroxylation is 2. The molecular weight excluding hydrogens is 524 g/mol. The summed E-state index contributed by atoms with van der Waals surface area (Å²) < 4.78 is 5.23. The molecule has 3 aromatic carbocycles. The normalized spacial score (nSPS) is 14.4. The van der Waals surface area contributed by atoms with Crippen LogP contribution in [0, 0.1) is 17.7 Å². The van der Waals surface area contributed by atoms with Crippen LogP contribution in [0.5, 0.6) is 5.75 Å². The Morgan fingerprint density at radius 2 is 1.69 bits per heavy atom. The third-order valence-corrected chi connectivity index (χ3v) is 7.50. The van der Waals surface area contributed by atoms with Gasteiger partial charge in [-0.1, -0.05) is 67.1 Å². The van der Waals surface area contributed by atoms with Crippen molar-refractivity contribution in [3.05, 3.63) is 102 Å². The molecule has 1 aliphatic rings. The van der Waals surface area contributed by atoms with Crippen LogP contribution < -0.4 is 15.4 Å². The van der Waals surface area contributed by atoms with Gasteiger partial charge in [-0.15, -0.1) is 0 Å². The molecule has 1 amide bonds. The lowest BCUT2D eigenvalue weighted by Crippen LogP contribution is -2.49. The average Bonchev–Trinajstić information content (AvgIpc) is 3.43. The van der Waals surface area contributed by atoms with Crippen LogP contribution >= 0.6 is 0 Å². The molecule has 0 spiro atoms. The lowest BCUT2D eigenvalue weighted by Gasteiger charge is -2.27. The number of hydrogen-bond acceptors (Lipinski definition) is 5. The van der Waals surface area contributed by atoms with Gasteiger partial charge in [0.05, 0.1) is 26.2 Å². The van der Waals surface area contributed by atoms with Crippen LogP contribution in [0.2, 0.25) is 0 Å². The van der Waals surface area contributed by atoms with Gasteiger partial charge in [-0.25, -0.2) is 0 Å². The number of fused-ring (bicyclic) bond motifs is 1. The zero-order chi connectivity index (χ0) is 29.7. The summed E-state index contributed by atoms with van der Waals surface area (Å²) in [6.45, 7) is 3.46. The fraction of sp³-hybridized carbons (Fsp3) is 0.324. The van der Waals surface area contributed by atoms with Gasteiger partial charge in [0.25, 0.3) is 0 Å². The van der Waals surface area contributed by atoms with Gasteiger partial charge in [0.1, 0.15) is 17.4 Å². The predicted octanol–water partition coefficient (Wildman–Crippen LogP) is 5.82. The lowest BCUT2D eigenvalue weighted by molar-refractivity contribution is -0.123. The van der Waals surface area contributed by atoms with Crippen molar-refractivity contribution in [1.82, 2.24) is 20.5 Å². The molecule has 1 aromatic heterocycles. The number of nitrogens with zero attached hydrogens (tertiary/aromatic N) is 1. The second-order valence-corrected chi connectivity index (χ2v) is 10.6. The molecule has 0 bridgehead atoms. The van der Waals surface area contributed by atoms with E-state index in [1.807, 2.05) is 66.9 Å². The Morgan fingerprint density at radius 1 is 0.952 bits per heavy atom. The second-order valence-electron chi connectivity index (χ2n) is 10.6. The molecule has 8 nitrogen and oxygen atoms in total. The average molecular weight is 567 g/mol. The number of aromatic amines is 1. The lowest BCUT2D eigenvalue weighted by atomic mass is 10.0. The van der Waals surface area contributed by atoms with E-state index >= 15 is 0 Å². The standard InChI is InChI=1S/C25H33N5O2.C9H9N/c1-32-21-13-10-20(11-14-21)18-30(23(26)15-12-19-7-3-2-4-8-19)24(27)17-29-25(31)22-9-5-6-16-28-22;1-7-6-10-9-5-3-2-4-8(7)9/h2-4,7-8,10-11,13-14,22,26-28H,5-6,9,12,15-18H2,1H3,(H,29,31);2-6,10H,1H3. The predicted molar refractivity (Wildman–Crippen MR) is 170 cm³/mol. The van der Waals surface area contributed by atoms with Crippen LogP contribution in [-0.2, 0) is 17.8 Å². The number of hydrogen-bond donors (Lipinski definition) is 5. The number of para-hydroxylation sites is 1. The number of aromatic nitrogens is 1. The monoisotopic (exact) mass is 566 g/mol. The minimum absolute atomic E-state index is 0.0744. The van der Waals surface area contributed by atoms with E-state index in [2.05, 4.69) is 40.7 Å². The Kier molecular flexibility index (Phi) is 11.3. The van der Waals surface area contributed by atoms with Gasteiger partial charge in [-0.2, -0.15) is 0 Å². The molecule has 8 heteroatoms. The minimum atomic E-state index is -0.191. The van der Waals surface area contributed by atoms with E-state index in [4.69, 9.17) is 15.6 Å². The van der Waals surface area contributed by atoms with E-state index in [1.54, 1.807) is 12.0 Å². The molecule has 1 saturated heterocycles. The van der Waals surface area contributed by atoms with Crippen molar-refractivity contribution in [2.75, 3.05) is 20.2 Å². The van der Waals surface area contributed by atoms with E-state index in [0.717, 1.165) is 49.1 Å². The molecule has 1 unspecified atom stereocenters. The van der Waals surface area contributed by atoms with Gasteiger partial charge < -0.3 is 25.3 Å². The third-order valence-electron chi connectivity index (χ3n) is 7.50. The first-order valence-corrected chi connectivity index (χ1v) is 14.6. The Morgan fingerprint density at radius 3 is 2.38 bits per heavy atom. The highest BCUT2D eigenvalue weighted by Gasteiger charge is 2.22. The second kappa shape index (κ2) is 15.5. The molecule has 220 valence electrons. The first kappa shape index (κ1) is 30.5. The van der Waals surface area contributed by atoms with Crippen molar-refractivity contribution in [2.24, 2.45) is 0 Å². The highest BCUT2D eigenvalue weighted by molar-refractivity contribution is 6.00. The Bertz CT molecular complexity index is 1440. The van der Waals surface area contributed by atoms with E-state index in [-0.39, 0.29) is 24.3 Å². The summed E-state index contributed by atoms with van der Waals surface area (Å²) in [6, 6.07) is 25.8. The van der Waals surface area contributed by atoms with Gasteiger partial charge in [-0.3, -0.25) is 15.6 Å². The van der Waals surface area contributed by atoms with Gasteiger partial charge in [0.2, 0.25) is 5.91 Å². The van der Waals surface area contributed by atoms with Crippen molar-refractivity contribution < 1.29 is 9.53 Å². The van der Waals surface area contributed by atoms with Crippen LogP contribution in [-0.4, -0.2) is 53.7 Å². The number of carbonyl (C=O) groups excluding carboxylic acids is 1. The number of benzene rings is 3. The molecule has 2 heterocycles. The maximum absolute atomic E-state index is 12.5. The summed E-state index contributed by atoms with van der Waals surface area (Å²) in [4.78, 5) is 17.3. The number of methoxy groups -OCH3 is 1. The Balaban J connectivity index is 0.000000337. The summed E-state index contributed by atoms with van der Waals surface area (Å²) >= 11 is 0. The first-order valence-electron chi connectivity index (χ1n) is 14.6. The topological polar surface area (TPSA) is 117 Å². The largest absolute Gasteiger partial charge is 0.497 e. The first-order chi connectivity index (χ1) is 20.4. The minimum Gasteiger partial charge on any atom is -0.497 e. The van der Waals surface area contributed by atoms with Crippen LogP contribution in [0.15, 0.2) is 85.1 Å². The highest BCUT2D eigenvalue weighted by Crippen LogP contribution is 2.16. The molecule has 1 aliphatic heterocycles. The van der Waals surface area contributed by atoms with Crippen molar-refractivity contribution in [1.29, 1.82) is 10.8 Å². The smallest absolute Gasteiger partial charge is 0.237 e. The summed E-state index contributed by atoms with van der Waals surface area (Å²) in [5.41, 5.74) is 4.67. The van der Waals surface area contributed by atoms with Crippen LogP contribution in [0.4, 0.5) is 0 Å². The van der Waals surface area contributed by atoms with E-state index < -0.39 is 0 Å². The van der Waals surface area contributed by atoms with E-state index in [1.165, 1.54) is 16.5 Å². The molecule has 5 rings (SSSR count). The maximum Gasteiger partial charge on any atom is 0.237 e. The number of nitrogens with one attached hydrogen (secondary N) is 5. The molecular formula is C34H42N6O2. The number of amides is 1. The van der Waals surface area contributed by atoms with E-state index in [9.17, 15) is 4.79 Å². The molecule has 0 radical (unpaired) electrons. The van der Waals surface area contributed by atoms with Crippen molar-refractivity contribution >= 4 is 28.5 Å². The number of rotatable bonds is 9. The fourth-order valence-electron chi connectivity index (χ4n) is 4.99. The van der Waals surface area contributed by atoms with Crippen molar-refractivity contribution in [3.8, 4) is 5.75 Å². The SMILES string of the molecule is COc1ccc(CN(C(=N)CCc2ccccc2)C(=N)CNC(=O)C2CCCCN2)cc1.Cc1c[nH]c2ccccc12. The molecule has 1 atom stereocenters. The molecule has 0 aliphatic carbocycles. The third kappa shape index (κ3) is 8.78. The molecule has 0 saturated carbocycles. The van der Waals surface area contributed by atoms with Crippen molar-refractivity contribution in [2.45, 2.75) is 51.6 Å². The maximum atomic E-state index is 12.5. The Labute approximate surface area is 248 Å². The summed E-state index contributed by atoms with van der Waals surface area (Å²) in [5, 5.41) is 24.7. The van der Waals surface area contributed by atoms with Gasteiger partial charge >= 0.3 is 0 Å². The summed E-state index contributed by atoms with van der Waals surface area (Å²) in [5.74, 6) is 1.26.